The van der Waals surface area contributed by atoms with Crippen LogP contribution >= 0.6 is 0 Å². The van der Waals surface area contributed by atoms with Gasteiger partial charge in [0.1, 0.15) is 0 Å². The van der Waals surface area contributed by atoms with Gasteiger partial charge in [-0.15, -0.1) is 0 Å². The van der Waals surface area contributed by atoms with Crippen molar-refractivity contribution in [3.05, 3.63) is 0 Å². The van der Waals surface area contributed by atoms with Crippen LogP contribution in [0.4, 0.5) is 0 Å². The van der Waals surface area contributed by atoms with Crippen molar-refractivity contribution < 1.29 is 66.2 Å². The van der Waals surface area contributed by atoms with Gasteiger partial charge >= 0.3 is 49.8 Å². The van der Waals surface area contributed by atoms with Crippen molar-refractivity contribution in [3.63, 3.8) is 0 Å². The smallest absolute Gasteiger partial charge is 2.00 e. The van der Waals surface area contributed by atoms with E-state index in [1.165, 1.54) is 0 Å². The summed E-state index contributed by atoms with van der Waals surface area (Å²) in [6.45, 7) is 0. The average Bonchev–Trinajstić information content (AvgIpc) is 0. The first kappa shape index (κ1) is 87.1. The van der Waals surface area contributed by atoms with Gasteiger partial charge in [0.05, 0.1) is 0 Å². The quantitative estimate of drug-likeness (QED) is 0.470. The van der Waals surface area contributed by atoms with Crippen LogP contribution in [0.5, 0.6) is 0 Å². The molecule has 3 nitrogen and oxygen atoms in total. The molecule has 0 saturated heterocycles. The van der Waals surface area contributed by atoms with E-state index in [4.69, 9.17) is 0 Å². The van der Waals surface area contributed by atoms with Gasteiger partial charge in [-0.2, -0.15) is 0 Å². The molecular weight excluding hydrogens is 193 g/mol. The van der Waals surface area contributed by atoms with Crippen molar-refractivity contribution in [1.29, 1.82) is 0 Å². The summed E-state index contributed by atoms with van der Waals surface area (Å²) in [4.78, 5) is 0. The molecule has 5 heteroatoms. The molecule has 0 N–H and O–H groups in total. The fourth-order valence-electron chi connectivity index (χ4n) is 0. The van der Waals surface area contributed by atoms with Crippen LogP contribution in [0.2, 0.25) is 0 Å². The maximum atomic E-state index is 0. The number of hydrogen-bond donors (Lipinski definition) is 0. The van der Waals surface area contributed by atoms with Gasteiger partial charge in [0.15, 0.2) is 0 Å². The maximum Gasteiger partial charge on any atom is 3.00 e. The minimum Gasteiger partial charge on any atom is -2.00 e. The molecule has 0 fully saturated rings. The second kappa shape index (κ2) is 49.4. The molecule has 0 aromatic rings. The van der Waals surface area contributed by atoms with E-state index in [-0.39, 0.29) is 66.2 Å². The van der Waals surface area contributed by atoms with E-state index < -0.39 is 0 Å². The van der Waals surface area contributed by atoms with Gasteiger partial charge in [0.2, 0.25) is 0 Å². The molecule has 0 aromatic carbocycles. The zero-order chi connectivity index (χ0) is 0. The summed E-state index contributed by atoms with van der Waals surface area (Å²) in [6, 6.07) is 0. The standard InChI is InChI=1S/Fe.3O.Y/q+3;3*-2;+3. The topological polar surface area (TPSA) is 85.5 Å². The Hall–Kier alpha value is 1.50. The molecule has 29 valence electrons. The van der Waals surface area contributed by atoms with Gasteiger partial charge in [-0.05, 0) is 0 Å². The SMILES string of the molecule is [Fe+3].[O-2].[O-2].[O-2].[Y+3]. The van der Waals surface area contributed by atoms with Crippen LogP contribution < -0.4 is 0 Å². The summed E-state index contributed by atoms with van der Waals surface area (Å²) < 4.78 is 0. The third-order valence-corrected chi connectivity index (χ3v) is 0. The van der Waals surface area contributed by atoms with Gasteiger partial charge in [0, 0.05) is 0 Å². The molecule has 0 atom stereocenters. The zero-order valence-electron chi connectivity index (χ0n) is 2.16. The first-order chi connectivity index (χ1) is 0. The van der Waals surface area contributed by atoms with Crippen molar-refractivity contribution >= 4 is 0 Å². The molecule has 1 radical (unpaired) electrons. The van der Waals surface area contributed by atoms with Crippen LogP contribution in [0.25, 0.3) is 0 Å². The third-order valence-electron chi connectivity index (χ3n) is 0. The van der Waals surface area contributed by atoms with Crippen LogP contribution in [0.1, 0.15) is 0 Å². The van der Waals surface area contributed by atoms with Gasteiger partial charge in [-0.3, -0.25) is 0 Å². The summed E-state index contributed by atoms with van der Waals surface area (Å²) in [6.07, 6.45) is 0. The van der Waals surface area contributed by atoms with Crippen molar-refractivity contribution in [2.24, 2.45) is 0 Å². The Morgan fingerprint density at radius 2 is 0.600 bits per heavy atom. The molecule has 0 unspecified atom stereocenters. The molecule has 0 heterocycles. The summed E-state index contributed by atoms with van der Waals surface area (Å²) in [5, 5.41) is 0. The Labute approximate surface area is 65.8 Å². The van der Waals surface area contributed by atoms with E-state index >= 15 is 0 Å². The molecular formula is FeO3Y. The largest absolute Gasteiger partial charge is 3.00 e. The monoisotopic (exact) mass is 193 g/mol. The third kappa shape index (κ3) is 29.9. The van der Waals surface area contributed by atoms with Crippen molar-refractivity contribution in [1.82, 2.24) is 0 Å². The molecule has 0 aromatic heterocycles. The Kier molecular flexibility index (Phi) is 861. The van der Waals surface area contributed by atoms with Crippen LogP contribution in [-0.4, -0.2) is 0 Å². The van der Waals surface area contributed by atoms with Gasteiger partial charge < -0.3 is 16.4 Å². The van der Waals surface area contributed by atoms with E-state index in [0.29, 0.717) is 0 Å². The summed E-state index contributed by atoms with van der Waals surface area (Å²) in [5.41, 5.74) is 0. The van der Waals surface area contributed by atoms with Crippen molar-refractivity contribution in [2.45, 2.75) is 0 Å². The maximum absolute atomic E-state index is 0. The average molecular weight is 193 g/mol. The predicted molar refractivity (Wildman–Crippen MR) is 2.06 cm³/mol. The fraction of sp³-hybridized carbons (Fsp3) is 0. The van der Waals surface area contributed by atoms with Crippen LogP contribution in [0.3, 0.4) is 0 Å². The summed E-state index contributed by atoms with van der Waals surface area (Å²) in [7, 11) is 0. The fourth-order valence-corrected chi connectivity index (χ4v) is 0. The van der Waals surface area contributed by atoms with E-state index in [9.17, 15) is 0 Å². The van der Waals surface area contributed by atoms with Crippen LogP contribution in [0, 0.1) is 0 Å². The minimum absolute atomic E-state index is 0. The van der Waals surface area contributed by atoms with Crippen molar-refractivity contribution in [2.75, 3.05) is 0 Å². The predicted octanol–water partition coefficient (Wildman–Crippen LogP) is -0.361. The molecule has 0 saturated carbocycles. The van der Waals surface area contributed by atoms with E-state index in [1.807, 2.05) is 0 Å². The van der Waals surface area contributed by atoms with Gasteiger partial charge in [0.25, 0.3) is 0 Å². The zero-order valence-corrected chi connectivity index (χ0v) is 6.10. The summed E-state index contributed by atoms with van der Waals surface area (Å²) >= 11 is 0. The van der Waals surface area contributed by atoms with Crippen LogP contribution in [0.15, 0.2) is 0 Å². The first-order valence-electron chi connectivity index (χ1n) is 0. The molecule has 0 aliphatic heterocycles. The minimum atomic E-state index is 0. The first-order valence-corrected chi connectivity index (χ1v) is 0. The second-order valence-corrected chi connectivity index (χ2v) is 0. The van der Waals surface area contributed by atoms with E-state index in [0.717, 1.165) is 0 Å². The van der Waals surface area contributed by atoms with Gasteiger partial charge in [-0.1, -0.05) is 0 Å². The number of rotatable bonds is 0. The van der Waals surface area contributed by atoms with Crippen LogP contribution in [-0.2, 0) is 66.2 Å². The Bertz CT molecular complexity index is 6.85. The molecule has 0 rings (SSSR count). The Balaban J connectivity index is 0. The molecule has 0 bridgehead atoms. The van der Waals surface area contributed by atoms with Crippen molar-refractivity contribution in [3.8, 4) is 0 Å². The Morgan fingerprint density at radius 3 is 0.600 bits per heavy atom. The normalized spacial score (nSPS) is 0. The second-order valence-electron chi connectivity index (χ2n) is 0. The molecule has 0 aliphatic rings. The van der Waals surface area contributed by atoms with Gasteiger partial charge in [-0.25, -0.2) is 0 Å². The Morgan fingerprint density at radius 1 is 0.600 bits per heavy atom. The van der Waals surface area contributed by atoms with E-state index in [2.05, 4.69) is 0 Å². The molecule has 5 heavy (non-hydrogen) atoms. The summed E-state index contributed by atoms with van der Waals surface area (Å²) in [5.74, 6) is 0. The molecule has 0 amide bonds. The molecule has 0 spiro atoms. The van der Waals surface area contributed by atoms with E-state index in [1.54, 1.807) is 0 Å². The molecule has 0 aliphatic carbocycles. The number of hydrogen-bond acceptors (Lipinski definition) is 0.